The number of hydrogen-bond donors (Lipinski definition) is 2. The monoisotopic (exact) mass is 365 g/mol. The predicted octanol–water partition coefficient (Wildman–Crippen LogP) is 1.48. The third-order valence-corrected chi connectivity index (χ3v) is 4.21. The van der Waals surface area contributed by atoms with Crippen molar-refractivity contribution in [1.82, 2.24) is 9.55 Å². The molecule has 1 aliphatic heterocycles. The molecule has 132 valence electrons. The summed E-state index contributed by atoms with van der Waals surface area (Å²) in [6, 6.07) is 9.63. The summed E-state index contributed by atoms with van der Waals surface area (Å²) >= 11 is 0. The van der Waals surface area contributed by atoms with Gasteiger partial charge >= 0.3 is 13.5 Å². The zero-order valence-electron chi connectivity index (χ0n) is 13.0. The van der Waals surface area contributed by atoms with Crippen molar-refractivity contribution in [2.75, 3.05) is 12.3 Å². The summed E-state index contributed by atoms with van der Waals surface area (Å²) in [6.07, 6.45) is 3.39. The van der Waals surface area contributed by atoms with Gasteiger partial charge in [0.1, 0.15) is 17.7 Å². The van der Waals surface area contributed by atoms with E-state index in [2.05, 4.69) is 4.98 Å². The van der Waals surface area contributed by atoms with Crippen LogP contribution >= 0.6 is 7.82 Å². The van der Waals surface area contributed by atoms with Crippen molar-refractivity contribution in [2.24, 2.45) is 0 Å². The summed E-state index contributed by atoms with van der Waals surface area (Å²) < 4.78 is 28.6. The molecule has 2 aromatic rings. The highest BCUT2D eigenvalue weighted by Crippen LogP contribution is 2.44. The Morgan fingerprint density at radius 2 is 2.04 bits per heavy atom. The molecule has 2 heterocycles. The van der Waals surface area contributed by atoms with E-state index in [4.69, 9.17) is 19.5 Å². The van der Waals surface area contributed by atoms with Crippen LogP contribution in [0.4, 0.5) is 5.82 Å². The Bertz CT molecular complexity index is 869. The molecular formula is C15H16N3O6P. The SMILES string of the molecule is Nc1ccn(C2C=CC(COP(=O)(O)Oc3ccccc3)O2)c(=O)n1. The third-order valence-electron chi connectivity index (χ3n) is 3.30. The van der Waals surface area contributed by atoms with Gasteiger partial charge in [0.05, 0.1) is 6.61 Å². The fraction of sp³-hybridized carbons (Fsp3) is 0.200. The third kappa shape index (κ3) is 4.55. The molecule has 0 aliphatic carbocycles. The number of aromatic nitrogens is 2. The molecule has 3 N–H and O–H groups in total. The first-order valence-electron chi connectivity index (χ1n) is 7.33. The second-order valence-electron chi connectivity index (χ2n) is 5.16. The fourth-order valence-electron chi connectivity index (χ4n) is 2.17. The first-order valence-corrected chi connectivity index (χ1v) is 8.83. The maximum absolute atomic E-state index is 11.9. The number of anilines is 1. The Kier molecular flexibility index (Phi) is 5.00. The molecule has 1 aromatic heterocycles. The Morgan fingerprint density at radius 1 is 1.28 bits per heavy atom. The predicted molar refractivity (Wildman–Crippen MR) is 88.8 cm³/mol. The Morgan fingerprint density at radius 3 is 2.76 bits per heavy atom. The highest BCUT2D eigenvalue weighted by Gasteiger charge is 2.28. The quantitative estimate of drug-likeness (QED) is 0.582. The molecule has 0 saturated carbocycles. The van der Waals surface area contributed by atoms with Gasteiger partial charge in [-0.1, -0.05) is 24.3 Å². The van der Waals surface area contributed by atoms with E-state index in [1.165, 1.54) is 29.0 Å². The molecular weight excluding hydrogens is 349 g/mol. The van der Waals surface area contributed by atoms with E-state index in [1.807, 2.05) is 0 Å². The Balaban J connectivity index is 1.56. The molecule has 3 atom stereocenters. The lowest BCUT2D eigenvalue weighted by atomic mass is 10.3. The Labute approximate surface area is 142 Å². The number of para-hydroxylation sites is 1. The van der Waals surface area contributed by atoms with Crippen molar-refractivity contribution in [3.63, 3.8) is 0 Å². The fourth-order valence-corrected chi connectivity index (χ4v) is 2.95. The van der Waals surface area contributed by atoms with Crippen LogP contribution in [-0.2, 0) is 13.8 Å². The maximum atomic E-state index is 11.9. The minimum absolute atomic E-state index is 0.113. The van der Waals surface area contributed by atoms with Gasteiger partial charge < -0.3 is 15.0 Å². The number of phosphoric ester groups is 1. The molecule has 1 aromatic carbocycles. The average molecular weight is 365 g/mol. The molecule has 25 heavy (non-hydrogen) atoms. The van der Waals surface area contributed by atoms with Gasteiger partial charge in [-0.25, -0.2) is 9.36 Å². The summed E-state index contributed by atoms with van der Waals surface area (Å²) in [4.78, 5) is 25.1. The van der Waals surface area contributed by atoms with Crippen molar-refractivity contribution in [3.8, 4) is 5.75 Å². The Hall–Kier alpha value is -2.45. The van der Waals surface area contributed by atoms with Crippen molar-refractivity contribution in [3.05, 3.63) is 65.2 Å². The van der Waals surface area contributed by atoms with Crippen LogP contribution < -0.4 is 15.9 Å². The van der Waals surface area contributed by atoms with Crippen molar-refractivity contribution < 1.29 is 23.2 Å². The summed E-state index contributed by atoms with van der Waals surface area (Å²) in [5, 5.41) is 0. The van der Waals surface area contributed by atoms with Crippen LogP contribution in [0.2, 0.25) is 0 Å². The minimum Gasteiger partial charge on any atom is -0.404 e. The second-order valence-corrected chi connectivity index (χ2v) is 6.54. The van der Waals surface area contributed by atoms with Crippen LogP contribution in [0.1, 0.15) is 6.23 Å². The molecule has 0 bridgehead atoms. The van der Waals surface area contributed by atoms with E-state index in [0.29, 0.717) is 0 Å². The van der Waals surface area contributed by atoms with Gasteiger partial charge in [0.25, 0.3) is 0 Å². The van der Waals surface area contributed by atoms with Gasteiger partial charge in [-0.15, -0.1) is 0 Å². The van der Waals surface area contributed by atoms with Gasteiger partial charge in [0.2, 0.25) is 0 Å². The number of nitrogen functional groups attached to an aromatic ring is 1. The largest absolute Gasteiger partial charge is 0.527 e. The van der Waals surface area contributed by atoms with Crippen LogP contribution in [-0.4, -0.2) is 27.2 Å². The van der Waals surface area contributed by atoms with E-state index in [1.54, 1.807) is 30.4 Å². The topological polar surface area (TPSA) is 126 Å². The number of ether oxygens (including phenoxy) is 1. The highest BCUT2D eigenvalue weighted by atomic mass is 31.2. The standard InChI is InChI=1S/C15H16N3O6P/c16-13-8-9-18(15(19)17-13)14-7-6-12(23-14)10-22-25(20,21)24-11-4-2-1-3-5-11/h1-9,12,14H,10H2,(H,20,21)(H2,16,17,19). The van der Waals surface area contributed by atoms with Crippen LogP contribution in [0.5, 0.6) is 5.75 Å². The minimum atomic E-state index is -4.29. The number of nitrogens with two attached hydrogens (primary N) is 1. The van der Waals surface area contributed by atoms with E-state index in [-0.39, 0.29) is 18.2 Å². The molecule has 0 fully saturated rings. The van der Waals surface area contributed by atoms with Gasteiger partial charge in [-0.3, -0.25) is 14.0 Å². The normalized spacial score (nSPS) is 21.8. The maximum Gasteiger partial charge on any atom is 0.527 e. The first kappa shape index (κ1) is 17.4. The molecule has 10 heteroatoms. The molecule has 0 amide bonds. The smallest absolute Gasteiger partial charge is 0.404 e. The summed E-state index contributed by atoms with van der Waals surface area (Å²) in [7, 11) is -4.29. The van der Waals surface area contributed by atoms with Crippen LogP contribution in [0.3, 0.4) is 0 Å². The lowest BCUT2D eigenvalue weighted by Crippen LogP contribution is -2.28. The molecule has 0 spiro atoms. The molecule has 3 rings (SSSR count). The zero-order valence-corrected chi connectivity index (χ0v) is 13.9. The highest BCUT2D eigenvalue weighted by molar-refractivity contribution is 7.47. The van der Waals surface area contributed by atoms with Crippen LogP contribution in [0.15, 0.2) is 59.5 Å². The molecule has 3 unspecified atom stereocenters. The van der Waals surface area contributed by atoms with E-state index < -0.39 is 25.8 Å². The number of phosphoric acid groups is 1. The lowest BCUT2D eigenvalue weighted by Gasteiger charge is -2.18. The number of nitrogens with zero attached hydrogens (tertiary/aromatic N) is 2. The van der Waals surface area contributed by atoms with Crippen LogP contribution in [0.25, 0.3) is 0 Å². The number of hydrogen-bond acceptors (Lipinski definition) is 7. The van der Waals surface area contributed by atoms with Crippen molar-refractivity contribution in [2.45, 2.75) is 12.3 Å². The molecule has 9 nitrogen and oxygen atoms in total. The van der Waals surface area contributed by atoms with E-state index in [9.17, 15) is 14.3 Å². The summed E-state index contributed by atoms with van der Waals surface area (Å²) in [5.74, 6) is 0.330. The first-order chi connectivity index (χ1) is 11.9. The van der Waals surface area contributed by atoms with Crippen molar-refractivity contribution >= 4 is 13.6 Å². The van der Waals surface area contributed by atoms with Crippen LogP contribution in [0, 0.1) is 0 Å². The molecule has 0 radical (unpaired) electrons. The van der Waals surface area contributed by atoms with Crippen molar-refractivity contribution in [1.29, 1.82) is 0 Å². The lowest BCUT2D eigenvalue weighted by molar-refractivity contribution is -0.00980. The summed E-state index contributed by atoms with van der Waals surface area (Å²) in [6.45, 7) is -0.217. The van der Waals surface area contributed by atoms with Gasteiger partial charge in [-0.05, 0) is 24.3 Å². The number of benzene rings is 1. The van der Waals surface area contributed by atoms with E-state index >= 15 is 0 Å². The zero-order chi connectivity index (χ0) is 17.9. The average Bonchev–Trinajstić information content (AvgIpc) is 3.02. The summed E-state index contributed by atoms with van der Waals surface area (Å²) in [5.41, 5.74) is 4.88. The molecule has 0 saturated heterocycles. The van der Waals surface area contributed by atoms with Gasteiger partial charge in [0.15, 0.2) is 6.23 Å². The van der Waals surface area contributed by atoms with E-state index in [0.717, 1.165) is 0 Å². The molecule has 1 aliphatic rings. The second kappa shape index (κ2) is 7.20. The van der Waals surface area contributed by atoms with Gasteiger partial charge in [-0.2, -0.15) is 4.98 Å². The van der Waals surface area contributed by atoms with Gasteiger partial charge in [0, 0.05) is 6.20 Å². The number of rotatable bonds is 6.